The third-order valence-electron chi connectivity index (χ3n) is 2.66. The molecule has 16 heavy (non-hydrogen) atoms. The second-order valence-corrected chi connectivity index (χ2v) is 11.1. The Bertz CT molecular complexity index is 202. The summed E-state index contributed by atoms with van der Waals surface area (Å²) in [6, 6.07) is 1.72. The van der Waals surface area contributed by atoms with Gasteiger partial charge in [-0.05, 0) is 19.4 Å². The molecule has 0 radical (unpaired) electrons. The van der Waals surface area contributed by atoms with Gasteiger partial charge in [0, 0.05) is 27.8 Å². The van der Waals surface area contributed by atoms with Gasteiger partial charge in [0.1, 0.15) is 6.73 Å². The fourth-order valence-electron chi connectivity index (χ4n) is 1.21. The van der Waals surface area contributed by atoms with E-state index in [-0.39, 0.29) is 0 Å². The summed E-state index contributed by atoms with van der Waals surface area (Å²) < 4.78 is 5.72. The maximum atomic E-state index is 5.72. The highest BCUT2D eigenvalue weighted by Gasteiger charge is 2.13. The quantitative estimate of drug-likeness (QED) is 0.215. The van der Waals surface area contributed by atoms with E-state index in [0.29, 0.717) is 12.8 Å². The predicted molar refractivity (Wildman–Crippen MR) is 75.0 cm³/mol. The van der Waals surface area contributed by atoms with E-state index in [1.54, 1.807) is 7.05 Å². The van der Waals surface area contributed by atoms with Crippen molar-refractivity contribution in [2.24, 2.45) is 4.99 Å². The smallest absolute Gasteiger partial charge is 0.119 e. The van der Waals surface area contributed by atoms with Crippen molar-refractivity contribution < 1.29 is 4.74 Å². The molecule has 4 heteroatoms. The van der Waals surface area contributed by atoms with Gasteiger partial charge in [0.25, 0.3) is 0 Å². The lowest BCUT2D eigenvalue weighted by molar-refractivity contribution is 0.0589. The maximum Gasteiger partial charge on any atom is 0.119 e. The molecule has 0 saturated carbocycles. The van der Waals surface area contributed by atoms with Crippen LogP contribution in [0.2, 0.25) is 25.7 Å². The Morgan fingerprint density at radius 2 is 2.00 bits per heavy atom. The van der Waals surface area contributed by atoms with Crippen LogP contribution in [-0.2, 0) is 4.74 Å². The fraction of sp³-hybridized carbons (Fsp3) is 0.917. The molecule has 0 amide bonds. The van der Waals surface area contributed by atoms with Crippen molar-refractivity contribution in [1.29, 1.82) is 0 Å². The Morgan fingerprint density at radius 1 is 1.38 bits per heavy atom. The summed E-state index contributed by atoms with van der Waals surface area (Å²) in [6.45, 7) is 13.0. The zero-order chi connectivity index (χ0) is 12.6. The molecule has 0 aromatic rings. The fourth-order valence-corrected chi connectivity index (χ4v) is 1.96. The summed E-state index contributed by atoms with van der Waals surface area (Å²) >= 11 is 0. The van der Waals surface area contributed by atoms with Crippen LogP contribution in [0.5, 0.6) is 0 Å². The van der Waals surface area contributed by atoms with Gasteiger partial charge in [-0.3, -0.25) is 4.99 Å². The Hall–Kier alpha value is -0.353. The van der Waals surface area contributed by atoms with Crippen LogP contribution in [-0.4, -0.2) is 45.7 Å². The van der Waals surface area contributed by atoms with E-state index in [1.165, 1.54) is 6.04 Å². The normalized spacial score (nSPS) is 14.4. The number of hydrogen-bond acceptors (Lipinski definition) is 2. The summed E-state index contributed by atoms with van der Waals surface area (Å²) in [7, 11) is 0.843. The highest BCUT2D eigenvalue weighted by molar-refractivity contribution is 6.76. The van der Waals surface area contributed by atoms with Gasteiger partial charge in [0.2, 0.25) is 0 Å². The third-order valence-corrected chi connectivity index (χ3v) is 4.36. The van der Waals surface area contributed by atoms with Crippen molar-refractivity contribution >= 4 is 14.4 Å². The minimum absolute atomic E-state index is 0.496. The molecule has 0 aliphatic rings. The number of rotatable bonds is 8. The highest BCUT2D eigenvalue weighted by Crippen LogP contribution is 2.08. The number of hydrogen-bond donors (Lipinski definition) is 0. The molecule has 0 aliphatic heterocycles. The zero-order valence-electron chi connectivity index (χ0n) is 11.8. The number of aliphatic imine (C=N–C) groups is 1. The second-order valence-electron chi connectivity index (χ2n) is 5.49. The monoisotopic (exact) mass is 244 g/mol. The summed E-state index contributed by atoms with van der Waals surface area (Å²) in [5, 5.41) is 0. The molecule has 0 aromatic carbocycles. The Morgan fingerprint density at radius 3 is 2.44 bits per heavy atom. The largest absolute Gasteiger partial charge is 0.361 e. The van der Waals surface area contributed by atoms with Crippen LogP contribution in [0.25, 0.3) is 0 Å². The maximum absolute atomic E-state index is 5.72. The molecule has 0 saturated heterocycles. The zero-order valence-corrected chi connectivity index (χ0v) is 12.8. The SMILES string of the molecule is CC[C@H](C)N(/C=N\C)COCC[Si](C)(C)C. The molecule has 0 unspecified atom stereocenters. The van der Waals surface area contributed by atoms with Crippen molar-refractivity contribution in [2.75, 3.05) is 20.4 Å². The van der Waals surface area contributed by atoms with Crippen LogP contribution >= 0.6 is 0 Å². The first kappa shape index (κ1) is 15.6. The van der Waals surface area contributed by atoms with E-state index in [9.17, 15) is 0 Å². The van der Waals surface area contributed by atoms with Gasteiger partial charge in [-0.2, -0.15) is 0 Å². The molecule has 0 N–H and O–H groups in total. The van der Waals surface area contributed by atoms with Crippen molar-refractivity contribution in [1.82, 2.24) is 4.90 Å². The van der Waals surface area contributed by atoms with Crippen molar-refractivity contribution in [3.05, 3.63) is 0 Å². The third kappa shape index (κ3) is 7.88. The van der Waals surface area contributed by atoms with Gasteiger partial charge in [-0.15, -0.1) is 0 Å². The molecule has 3 nitrogen and oxygen atoms in total. The van der Waals surface area contributed by atoms with E-state index in [1.807, 2.05) is 6.34 Å². The first-order chi connectivity index (χ1) is 7.40. The Labute approximate surface area is 102 Å². The summed E-state index contributed by atoms with van der Waals surface area (Å²) in [5.74, 6) is 0. The van der Waals surface area contributed by atoms with Gasteiger partial charge in [0.15, 0.2) is 0 Å². The molecule has 0 fully saturated rings. The summed E-state index contributed by atoms with van der Waals surface area (Å²) in [6.07, 6.45) is 2.99. The van der Waals surface area contributed by atoms with Gasteiger partial charge in [-0.25, -0.2) is 0 Å². The first-order valence-corrected chi connectivity index (χ1v) is 9.87. The molecule has 0 bridgehead atoms. The molecule has 1 atom stereocenters. The molecular weight excluding hydrogens is 216 g/mol. The van der Waals surface area contributed by atoms with Gasteiger partial charge >= 0.3 is 0 Å². The van der Waals surface area contributed by atoms with E-state index >= 15 is 0 Å². The van der Waals surface area contributed by atoms with Crippen molar-refractivity contribution in [3.8, 4) is 0 Å². The topological polar surface area (TPSA) is 24.8 Å². The van der Waals surface area contributed by atoms with Crippen LogP contribution in [0.1, 0.15) is 20.3 Å². The van der Waals surface area contributed by atoms with Crippen LogP contribution in [0, 0.1) is 0 Å². The molecule has 0 spiro atoms. The predicted octanol–water partition coefficient (Wildman–Crippen LogP) is 3.06. The molecule has 0 aromatic heterocycles. The Kier molecular flexibility index (Phi) is 7.67. The van der Waals surface area contributed by atoms with E-state index in [0.717, 1.165) is 13.0 Å². The van der Waals surface area contributed by atoms with E-state index in [4.69, 9.17) is 4.74 Å². The van der Waals surface area contributed by atoms with Crippen LogP contribution in [0.15, 0.2) is 4.99 Å². The van der Waals surface area contributed by atoms with Gasteiger partial charge < -0.3 is 9.64 Å². The lowest BCUT2D eigenvalue weighted by Gasteiger charge is -2.26. The van der Waals surface area contributed by atoms with Crippen LogP contribution in [0.3, 0.4) is 0 Å². The standard InChI is InChI=1S/C12H28N2OSi/c1-7-12(2)14(10-13-3)11-15-8-9-16(4,5)6/h10,12H,7-9,11H2,1-6H3/b13-10-/t12-/m0/s1. The average molecular weight is 244 g/mol. The lowest BCUT2D eigenvalue weighted by atomic mass is 10.2. The molecule has 0 rings (SSSR count). The minimum Gasteiger partial charge on any atom is -0.361 e. The first-order valence-electron chi connectivity index (χ1n) is 6.16. The van der Waals surface area contributed by atoms with E-state index in [2.05, 4.69) is 43.4 Å². The van der Waals surface area contributed by atoms with Gasteiger partial charge in [-0.1, -0.05) is 26.6 Å². The number of nitrogens with zero attached hydrogens (tertiary/aromatic N) is 2. The summed E-state index contributed by atoms with van der Waals surface area (Å²) in [5.41, 5.74) is 0. The van der Waals surface area contributed by atoms with E-state index < -0.39 is 8.07 Å². The Balaban J connectivity index is 3.86. The number of ether oxygens (including phenoxy) is 1. The highest BCUT2D eigenvalue weighted by atomic mass is 28.3. The van der Waals surface area contributed by atoms with Crippen LogP contribution in [0.4, 0.5) is 0 Å². The lowest BCUT2D eigenvalue weighted by Crippen LogP contribution is -2.34. The summed E-state index contributed by atoms with van der Waals surface area (Å²) in [4.78, 5) is 6.22. The molecule has 0 heterocycles. The molecular formula is C12H28N2OSi. The average Bonchev–Trinajstić information content (AvgIpc) is 2.20. The minimum atomic E-state index is -0.960. The molecule has 96 valence electrons. The van der Waals surface area contributed by atoms with Crippen LogP contribution < -0.4 is 0 Å². The van der Waals surface area contributed by atoms with Crippen molar-refractivity contribution in [3.63, 3.8) is 0 Å². The molecule has 0 aliphatic carbocycles. The second kappa shape index (κ2) is 7.85. The van der Waals surface area contributed by atoms with Gasteiger partial charge in [0.05, 0.1) is 6.34 Å². The van der Waals surface area contributed by atoms with Crippen molar-refractivity contribution in [2.45, 2.75) is 52.0 Å².